The lowest BCUT2D eigenvalue weighted by atomic mass is 10.1. The van der Waals surface area contributed by atoms with E-state index in [0.717, 1.165) is 19.5 Å². The Kier molecular flexibility index (Phi) is 2.87. The Morgan fingerprint density at radius 3 is 3.07 bits per heavy atom. The average molecular weight is 193 g/mol. The predicted octanol–water partition coefficient (Wildman–Crippen LogP) is 1.69. The summed E-state index contributed by atoms with van der Waals surface area (Å²) in [6.07, 6.45) is 4.31. The molecule has 0 aliphatic carbocycles. The molecule has 1 fully saturated rings. The summed E-state index contributed by atoms with van der Waals surface area (Å²) in [5.41, 5.74) is 1.28. The molecule has 1 atom stereocenters. The van der Waals surface area contributed by atoms with Crippen LogP contribution in [0.4, 0.5) is 0 Å². The maximum Gasteiger partial charge on any atom is 0.110 e. The fraction of sp³-hybridized carbons (Fsp3) is 0.727. The van der Waals surface area contributed by atoms with E-state index >= 15 is 0 Å². The normalized spacial score (nSPS) is 22.1. The average Bonchev–Trinajstić information content (AvgIpc) is 2.69. The predicted molar refractivity (Wildman–Crippen MR) is 57.4 cm³/mol. The third-order valence-electron chi connectivity index (χ3n) is 2.72. The molecule has 1 saturated heterocycles. The molecule has 0 radical (unpaired) electrons. The Balaban J connectivity index is 2.01. The topological polar surface area (TPSA) is 40.7 Å². The molecule has 14 heavy (non-hydrogen) atoms. The fourth-order valence-electron chi connectivity index (χ4n) is 2.02. The van der Waals surface area contributed by atoms with Gasteiger partial charge >= 0.3 is 0 Å². The van der Waals surface area contributed by atoms with Crippen molar-refractivity contribution < 1.29 is 0 Å². The van der Waals surface area contributed by atoms with Gasteiger partial charge in [0.05, 0.1) is 0 Å². The number of aromatic amines is 1. The highest BCUT2D eigenvalue weighted by Gasteiger charge is 2.19. The van der Waals surface area contributed by atoms with E-state index in [0.29, 0.717) is 11.8 Å². The summed E-state index contributed by atoms with van der Waals surface area (Å²) >= 11 is 0. The number of nitrogens with zero attached hydrogens (tertiary/aromatic N) is 1. The molecule has 0 amide bonds. The highest BCUT2D eigenvalue weighted by molar-refractivity contribution is 5.08. The van der Waals surface area contributed by atoms with E-state index in [1.54, 1.807) is 0 Å². The Hall–Kier alpha value is -0.830. The molecule has 1 aromatic rings. The van der Waals surface area contributed by atoms with E-state index in [9.17, 15) is 0 Å². The Labute approximate surface area is 85.3 Å². The monoisotopic (exact) mass is 193 g/mol. The molecule has 1 unspecified atom stereocenters. The first kappa shape index (κ1) is 9.71. The summed E-state index contributed by atoms with van der Waals surface area (Å²) in [5, 5.41) is 3.36. The van der Waals surface area contributed by atoms with Crippen LogP contribution in [0.2, 0.25) is 0 Å². The van der Waals surface area contributed by atoms with Crippen LogP contribution in [-0.4, -0.2) is 23.1 Å². The van der Waals surface area contributed by atoms with Crippen LogP contribution in [0.15, 0.2) is 6.20 Å². The second-order valence-electron chi connectivity index (χ2n) is 4.58. The van der Waals surface area contributed by atoms with Crippen LogP contribution in [0.3, 0.4) is 0 Å². The Morgan fingerprint density at radius 2 is 2.43 bits per heavy atom. The van der Waals surface area contributed by atoms with Gasteiger partial charge in [-0.1, -0.05) is 13.8 Å². The largest absolute Gasteiger partial charge is 0.346 e. The van der Waals surface area contributed by atoms with E-state index < -0.39 is 0 Å². The smallest absolute Gasteiger partial charge is 0.110 e. The van der Waals surface area contributed by atoms with Crippen LogP contribution in [0.5, 0.6) is 0 Å². The van der Waals surface area contributed by atoms with Crippen LogP contribution in [-0.2, 0) is 6.42 Å². The van der Waals surface area contributed by atoms with Gasteiger partial charge in [-0.25, -0.2) is 4.98 Å². The van der Waals surface area contributed by atoms with Gasteiger partial charge in [0.2, 0.25) is 0 Å². The van der Waals surface area contributed by atoms with Crippen molar-refractivity contribution in [3.05, 3.63) is 17.7 Å². The zero-order chi connectivity index (χ0) is 9.97. The van der Waals surface area contributed by atoms with Crippen LogP contribution < -0.4 is 5.32 Å². The Morgan fingerprint density at radius 1 is 1.57 bits per heavy atom. The van der Waals surface area contributed by atoms with Crippen LogP contribution in [0, 0.1) is 5.92 Å². The van der Waals surface area contributed by atoms with Crippen molar-refractivity contribution in [2.24, 2.45) is 5.92 Å². The molecule has 78 valence electrons. The molecule has 2 rings (SSSR count). The molecule has 3 nitrogen and oxygen atoms in total. The molecule has 3 heteroatoms. The molecular formula is C11H19N3. The molecule has 1 aromatic heterocycles. The minimum Gasteiger partial charge on any atom is -0.346 e. The fourth-order valence-corrected chi connectivity index (χ4v) is 2.02. The SMILES string of the molecule is CC(C)Cc1cnc(C2CCNC2)[nH]1. The molecule has 0 saturated carbocycles. The van der Waals surface area contributed by atoms with Crippen molar-refractivity contribution in [1.82, 2.24) is 15.3 Å². The van der Waals surface area contributed by atoms with Gasteiger partial charge in [-0.05, 0) is 25.3 Å². The van der Waals surface area contributed by atoms with Gasteiger partial charge in [0.15, 0.2) is 0 Å². The number of aromatic nitrogens is 2. The first-order chi connectivity index (χ1) is 6.75. The summed E-state index contributed by atoms with van der Waals surface area (Å²) in [5.74, 6) is 2.48. The first-order valence-electron chi connectivity index (χ1n) is 5.50. The number of H-pyrrole nitrogens is 1. The van der Waals surface area contributed by atoms with Gasteiger partial charge in [0.1, 0.15) is 5.82 Å². The first-order valence-corrected chi connectivity index (χ1v) is 5.50. The van der Waals surface area contributed by atoms with Crippen molar-refractivity contribution in [2.45, 2.75) is 32.6 Å². The van der Waals surface area contributed by atoms with Crippen molar-refractivity contribution in [3.8, 4) is 0 Å². The second-order valence-corrected chi connectivity index (χ2v) is 4.58. The van der Waals surface area contributed by atoms with Gasteiger partial charge in [0, 0.05) is 24.4 Å². The summed E-state index contributed by atoms with van der Waals surface area (Å²) < 4.78 is 0. The molecule has 0 aromatic carbocycles. The molecule has 0 bridgehead atoms. The lowest BCUT2D eigenvalue weighted by Gasteiger charge is -2.04. The molecule has 0 spiro atoms. The van der Waals surface area contributed by atoms with Gasteiger partial charge in [-0.3, -0.25) is 0 Å². The Bertz CT molecular complexity index is 284. The number of imidazole rings is 1. The van der Waals surface area contributed by atoms with Crippen molar-refractivity contribution in [2.75, 3.05) is 13.1 Å². The summed E-state index contributed by atoms with van der Waals surface area (Å²) in [4.78, 5) is 7.89. The molecule has 2 heterocycles. The number of nitrogens with one attached hydrogen (secondary N) is 2. The highest BCUT2D eigenvalue weighted by Crippen LogP contribution is 2.19. The standard InChI is InChI=1S/C11H19N3/c1-8(2)5-10-7-13-11(14-10)9-3-4-12-6-9/h7-9,12H,3-6H2,1-2H3,(H,13,14). The van der Waals surface area contributed by atoms with E-state index in [1.165, 1.54) is 17.9 Å². The summed E-state index contributed by atoms with van der Waals surface area (Å²) in [7, 11) is 0. The van der Waals surface area contributed by atoms with E-state index in [1.807, 2.05) is 6.20 Å². The number of hydrogen-bond donors (Lipinski definition) is 2. The zero-order valence-electron chi connectivity index (χ0n) is 9.01. The van der Waals surface area contributed by atoms with E-state index in [2.05, 4.69) is 29.1 Å². The summed E-state index contributed by atoms with van der Waals surface area (Å²) in [6, 6.07) is 0. The minimum atomic E-state index is 0.607. The highest BCUT2D eigenvalue weighted by atomic mass is 15.0. The lowest BCUT2D eigenvalue weighted by molar-refractivity contribution is 0.633. The van der Waals surface area contributed by atoms with E-state index in [4.69, 9.17) is 0 Å². The molecular weight excluding hydrogens is 174 g/mol. The minimum absolute atomic E-state index is 0.607. The van der Waals surface area contributed by atoms with Gasteiger partial charge in [-0.2, -0.15) is 0 Å². The summed E-state index contributed by atoms with van der Waals surface area (Å²) in [6.45, 7) is 6.68. The molecule has 1 aliphatic rings. The van der Waals surface area contributed by atoms with Gasteiger partial charge in [-0.15, -0.1) is 0 Å². The van der Waals surface area contributed by atoms with Gasteiger partial charge in [0.25, 0.3) is 0 Å². The zero-order valence-corrected chi connectivity index (χ0v) is 9.01. The third-order valence-corrected chi connectivity index (χ3v) is 2.72. The molecule has 1 aliphatic heterocycles. The maximum atomic E-state index is 4.46. The van der Waals surface area contributed by atoms with E-state index in [-0.39, 0.29) is 0 Å². The third kappa shape index (κ3) is 2.15. The lowest BCUT2D eigenvalue weighted by Crippen LogP contribution is -2.08. The van der Waals surface area contributed by atoms with Crippen molar-refractivity contribution in [1.29, 1.82) is 0 Å². The molecule has 2 N–H and O–H groups in total. The number of rotatable bonds is 3. The maximum absolute atomic E-state index is 4.46. The van der Waals surface area contributed by atoms with Crippen molar-refractivity contribution in [3.63, 3.8) is 0 Å². The second kappa shape index (κ2) is 4.13. The van der Waals surface area contributed by atoms with Gasteiger partial charge < -0.3 is 10.3 Å². The van der Waals surface area contributed by atoms with Crippen LogP contribution in [0.1, 0.15) is 37.7 Å². The van der Waals surface area contributed by atoms with Crippen LogP contribution in [0.25, 0.3) is 0 Å². The van der Waals surface area contributed by atoms with Crippen LogP contribution >= 0.6 is 0 Å². The quantitative estimate of drug-likeness (QED) is 0.767. The van der Waals surface area contributed by atoms with Crippen molar-refractivity contribution >= 4 is 0 Å². The number of hydrogen-bond acceptors (Lipinski definition) is 2.